The average Bonchev–Trinajstić information content (AvgIpc) is 1.26. The number of benzene rings is 13. The molecule has 0 unspecified atom stereocenters. The van der Waals surface area contributed by atoms with Gasteiger partial charge in [0.2, 0.25) is 0 Å². The molecule has 0 saturated carbocycles. The molecule has 0 amide bonds. The predicted molar refractivity (Wildman–Crippen MR) is 366 cm³/mol. The molecule has 0 atom stereocenters. The maximum absolute atomic E-state index is 5.24. The van der Waals surface area contributed by atoms with Gasteiger partial charge in [-0.2, -0.15) is 0 Å². The van der Waals surface area contributed by atoms with E-state index in [-0.39, 0.29) is 6.71 Å². The van der Waals surface area contributed by atoms with E-state index in [1.807, 2.05) is 36.4 Å². The largest absolute Gasteiger partial charge is 0.311 e. The normalized spacial score (nSPS) is 12.2. The average molecular weight is 1120 g/mol. The molecule has 0 N–H and O–H groups in total. The lowest BCUT2D eigenvalue weighted by atomic mass is 9.33. The zero-order valence-electron chi connectivity index (χ0n) is 47.9. The first-order valence-electron chi connectivity index (χ1n) is 30.0. The minimum absolute atomic E-state index is 0.0666. The molecule has 0 radical (unpaired) electrons. The Balaban J connectivity index is 0.825. The molecule has 6 nitrogen and oxygen atoms in total. The smallest absolute Gasteiger partial charge is 0.252 e. The molecule has 7 heteroatoms. The maximum Gasteiger partial charge on any atom is 0.252 e. The van der Waals surface area contributed by atoms with Crippen LogP contribution in [-0.4, -0.2) is 26.2 Å². The number of hydrogen-bond donors (Lipinski definition) is 0. The van der Waals surface area contributed by atoms with Gasteiger partial charge < -0.3 is 14.4 Å². The molecular formula is C81H53BN6. The van der Waals surface area contributed by atoms with Crippen molar-refractivity contribution >= 4 is 79.0 Å². The Hall–Kier alpha value is -11.7. The van der Waals surface area contributed by atoms with Gasteiger partial charge in [0.15, 0.2) is 17.5 Å². The van der Waals surface area contributed by atoms with Crippen LogP contribution in [0, 0.1) is 0 Å². The topological polar surface area (TPSA) is 50.1 Å². The molecule has 410 valence electrons. The van der Waals surface area contributed by atoms with E-state index < -0.39 is 0 Å². The van der Waals surface area contributed by atoms with Gasteiger partial charge in [0, 0.05) is 67.2 Å². The van der Waals surface area contributed by atoms with E-state index in [1.165, 1.54) is 72.2 Å². The number of anilines is 6. The Morgan fingerprint density at radius 1 is 0.239 bits per heavy atom. The van der Waals surface area contributed by atoms with E-state index >= 15 is 0 Å². The van der Waals surface area contributed by atoms with Crippen molar-refractivity contribution in [1.82, 2.24) is 19.5 Å². The van der Waals surface area contributed by atoms with Gasteiger partial charge in [-0.1, -0.05) is 231 Å². The Morgan fingerprint density at radius 2 is 0.614 bits per heavy atom. The third-order valence-corrected chi connectivity index (χ3v) is 17.6. The van der Waals surface area contributed by atoms with Gasteiger partial charge in [-0.3, -0.25) is 0 Å². The molecule has 0 bridgehead atoms. The number of fused-ring (bicyclic) bond motifs is 7. The summed E-state index contributed by atoms with van der Waals surface area (Å²) in [7, 11) is 0. The standard InChI is InChI=1S/C81H53BN6/c1-6-22-54(23-7-1)61-44-47-72-67(51-61)68-52-62(55-24-8-2-9-25-55)45-48-73(68)88(72)71-49-46-63(81-84-79(58-26-10-3-11-27-58)83-80(85-81)59-28-12-4-13-29-59)53-66(71)57-42-40-56(41-43-57)60-30-20-33-65(50-60)87-75-37-19-17-35-70(75)82-69-34-16-18-36-74(69)86(64-31-14-5-15-32-64)76-38-21-39-77(87)78(76)82/h1-53H. The molecule has 0 fully saturated rings. The molecular weight excluding hydrogens is 1070 g/mol. The second-order valence-corrected chi connectivity index (χ2v) is 22.7. The van der Waals surface area contributed by atoms with Crippen molar-refractivity contribution in [2.24, 2.45) is 0 Å². The van der Waals surface area contributed by atoms with Gasteiger partial charge in [0.05, 0.1) is 16.7 Å². The highest BCUT2D eigenvalue weighted by atomic mass is 15.2. The van der Waals surface area contributed by atoms with Crippen LogP contribution < -0.4 is 26.2 Å². The van der Waals surface area contributed by atoms with Crippen molar-refractivity contribution in [2.75, 3.05) is 9.80 Å². The van der Waals surface area contributed by atoms with E-state index in [2.05, 4.69) is 299 Å². The van der Waals surface area contributed by atoms with E-state index in [4.69, 9.17) is 15.0 Å². The Bertz CT molecular complexity index is 4990. The highest BCUT2D eigenvalue weighted by Crippen LogP contribution is 2.46. The lowest BCUT2D eigenvalue weighted by Crippen LogP contribution is -2.61. The van der Waals surface area contributed by atoms with Crippen LogP contribution in [0.3, 0.4) is 0 Å². The van der Waals surface area contributed by atoms with Crippen LogP contribution in [0.1, 0.15) is 0 Å². The molecule has 2 aliphatic rings. The summed E-state index contributed by atoms with van der Waals surface area (Å²) in [5.74, 6) is 1.83. The third-order valence-electron chi connectivity index (χ3n) is 17.6. The number of aromatic nitrogens is 4. The van der Waals surface area contributed by atoms with Gasteiger partial charge in [-0.25, -0.2) is 15.0 Å². The summed E-state index contributed by atoms with van der Waals surface area (Å²) >= 11 is 0. The molecule has 0 saturated heterocycles. The molecule has 0 aliphatic carbocycles. The summed E-state index contributed by atoms with van der Waals surface area (Å²) in [6.07, 6.45) is 0. The van der Waals surface area contributed by atoms with Crippen LogP contribution in [0.25, 0.3) is 106 Å². The summed E-state index contributed by atoms with van der Waals surface area (Å²) in [4.78, 5) is 20.5. The Labute approximate surface area is 511 Å². The van der Waals surface area contributed by atoms with Crippen LogP contribution in [0.15, 0.2) is 322 Å². The minimum Gasteiger partial charge on any atom is -0.311 e. The lowest BCUT2D eigenvalue weighted by Gasteiger charge is -2.44. The van der Waals surface area contributed by atoms with Crippen molar-refractivity contribution < 1.29 is 0 Å². The maximum atomic E-state index is 5.24. The highest BCUT2D eigenvalue weighted by Gasteiger charge is 2.43. The van der Waals surface area contributed by atoms with Crippen LogP contribution in [0.5, 0.6) is 0 Å². The van der Waals surface area contributed by atoms with Crippen molar-refractivity contribution in [3.63, 3.8) is 0 Å². The monoisotopic (exact) mass is 1120 g/mol. The molecule has 13 aromatic carbocycles. The van der Waals surface area contributed by atoms with Gasteiger partial charge in [0.25, 0.3) is 6.71 Å². The van der Waals surface area contributed by atoms with Gasteiger partial charge >= 0.3 is 0 Å². The first kappa shape index (κ1) is 50.8. The van der Waals surface area contributed by atoms with E-state index in [9.17, 15) is 0 Å². The summed E-state index contributed by atoms with van der Waals surface area (Å²) in [6.45, 7) is 0.0666. The van der Waals surface area contributed by atoms with Gasteiger partial charge in [-0.05, 0) is 146 Å². The number of nitrogens with zero attached hydrogens (tertiary/aromatic N) is 6. The van der Waals surface area contributed by atoms with Crippen LogP contribution >= 0.6 is 0 Å². The lowest BCUT2D eigenvalue weighted by molar-refractivity contribution is 1.07. The predicted octanol–water partition coefficient (Wildman–Crippen LogP) is 18.7. The fraction of sp³-hybridized carbons (Fsp3) is 0. The van der Waals surface area contributed by atoms with E-state index in [1.54, 1.807) is 0 Å². The summed E-state index contributed by atoms with van der Waals surface area (Å²) in [5, 5.41) is 2.36. The van der Waals surface area contributed by atoms with Crippen molar-refractivity contribution in [3.05, 3.63) is 322 Å². The highest BCUT2D eigenvalue weighted by molar-refractivity contribution is 7.00. The fourth-order valence-electron chi connectivity index (χ4n) is 13.6. The molecule has 0 spiro atoms. The minimum atomic E-state index is 0.0666. The first-order valence-corrected chi connectivity index (χ1v) is 30.0. The first-order chi connectivity index (χ1) is 43.6. The van der Waals surface area contributed by atoms with Crippen molar-refractivity contribution in [1.29, 1.82) is 0 Å². The quantitative estimate of drug-likeness (QED) is 0.128. The van der Waals surface area contributed by atoms with E-state index in [0.717, 1.165) is 67.0 Å². The Morgan fingerprint density at radius 3 is 1.16 bits per heavy atom. The second kappa shape index (κ2) is 21.1. The number of rotatable bonds is 10. The molecule has 17 rings (SSSR count). The van der Waals surface area contributed by atoms with Gasteiger partial charge in [-0.15, -0.1) is 0 Å². The Kier molecular flexibility index (Phi) is 12.2. The molecule has 88 heavy (non-hydrogen) atoms. The number of para-hydroxylation sites is 3. The summed E-state index contributed by atoms with van der Waals surface area (Å²) in [6, 6.07) is 116. The van der Waals surface area contributed by atoms with Crippen LogP contribution in [0.2, 0.25) is 0 Å². The zero-order chi connectivity index (χ0) is 58.1. The molecule has 2 aliphatic heterocycles. The van der Waals surface area contributed by atoms with Crippen molar-refractivity contribution in [2.45, 2.75) is 0 Å². The fourth-order valence-corrected chi connectivity index (χ4v) is 13.6. The van der Waals surface area contributed by atoms with Crippen LogP contribution in [-0.2, 0) is 0 Å². The summed E-state index contributed by atoms with van der Waals surface area (Å²) < 4.78 is 2.45. The molecule has 4 heterocycles. The van der Waals surface area contributed by atoms with Crippen LogP contribution in [0.4, 0.5) is 34.1 Å². The summed E-state index contributed by atoms with van der Waals surface area (Å²) in [5.41, 5.74) is 25.9. The number of hydrogen-bond acceptors (Lipinski definition) is 5. The van der Waals surface area contributed by atoms with Crippen molar-refractivity contribution in [3.8, 4) is 84.4 Å². The SMILES string of the molecule is c1ccc(-c2ccc3c(c2)c2cc(-c4ccccc4)ccc2n3-c2ccc(-c3nc(-c4ccccc4)nc(-c4ccccc4)n3)cc2-c2ccc(-c3cccc(N4c5ccccc5B5c6ccccc6N(c6ccccc6)c6cccc4c65)c3)cc2)cc1. The van der Waals surface area contributed by atoms with Gasteiger partial charge in [0.1, 0.15) is 0 Å². The zero-order valence-corrected chi connectivity index (χ0v) is 47.9. The molecule has 15 aromatic rings. The third kappa shape index (κ3) is 8.62. The van der Waals surface area contributed by atoms with E-state index in [0.29, 0.717) is 17.5 Å². The second-order valence-electron chi connectivity index (χ2n) is 22.7. The molecule has 2 aromatic heterocycles.